The largest absolute Gasteiger partial charge is 0.352 e. The molecule has 0 spiro atoms. The van der Waals surface area contributed by atoms with Gasteiger partial charge >= 0.3 is 0 Å². The molecule has 0 radical (unpaired) electrons. The van der Waals surface area contributed by atoms with Crippen molar-refractivity contribution in [1.29, 1.82) is 0 Å². The van der Waals surface area contributed by atoms with Gasteiger partial charge in [0.1, 0.15) is 0 Å². The van der Waals surface area contributed by atoms with E-state index in [2.05, 4.69) is 36.6 Å². The fourth-order valence-corrected chi connectivity index (χ4v) is 2.30. The molecule has 92 valence electrons. The Labute approximate surface area is 103 Å². The zero-order valence-electron chi connectivity index (χ0n) is 10.5. The van der Waals surface area contributed by atoms with Crippen LogP contribution in [0.2, 0.25) is 0 Å². The van der Waals surface area contributed by atoms with E-state index in [1.807, 2.05) is 12.1 Å². The van der Waals surface area contributed by atoms with Gasteiger partial charge < -0.3 is 10.6 Å². The highest BCUT2D eigenvalue weighted by atomic mass is 16.1. The van der Waals surface area contributed by atoms with E-state index in [-0.39, 0.29) is 11.8 Å². The van der Waals surface area contributed by atoms with Gasteiger partial charge in [0.2, 0.25) is 5.91 Å². The van der Waals surface area contributed by atoms with E-state index in [4.69, 9.17) is 0 Å². The third kappa shape index (κ3) is 3.07. The van der Waals surface area contributed by atoms with Gasteiger partial charge in [-0.15, -0.1) is 0 Å². The van der Waals surface area contributed by atoms with Gasteiger partial charge in [0, 0.05) is 13.1 Å². The van der Waals surface area contributed by atoms with E-state index in [9.17, 15) is 4.79 Å². The second-order valence-electron chi connectivity index (χ2n) is 4.95. The molecule has 0 aromatic heterocycles. The molecule has 1 aliphatic heterocycles. The molecule has 0 bridgehead atoms. The average Bonchev–Trinajstić information content (AvgIpc) is 2.72. The van der Waals surface area contributed by atoms with Gasteiger partial charge in [-0.3, -0.25) is 4.79 Å². The molecular formula is C14H20N2O. The zero-order valence-corrected chi connectivity index (χ0v) is 10.5. The molecule has 2 atom stereocenters. The van der Waals surface area contributed by atoms with Crippen LogP contribution in [0.5, 0.6) is 0 Å². The van der Waals surface area contributed by atoms with Crippen LogP contribution in [-0.4, -0.2) is 19.0 Å². The van der Waals surface area contributed by atoms with Crippen LogP contribution in [0.3, 0.4) is 0 Å². The Hall–Kier alpha value is -1.35. The minimum Gasteiger partial charge on any atom is -0.352 e. The van der Waals surface area contributed by atoms with E-state index in [0.29, 0.717) is 12.5 Å². The summed E-state index contributed by atoms with van der Waals surface area (Å²) in [6, 6.07) is 8.24. The SMILES string of the molecule is Cc1cccc(CNC(=O)[C@@H]2CNC[C@H]2C)c1. The van der Waals surface area contributed by atoms with Gasteiger partial charge in [-0.25, -0.2) is 0 Å². The van der Waals surface area contributed by atoms with Crippen molar-refractivity contribution in [3.8, 4) is 0 Å². The van der Waals surface area contributed by atoms with Crippen LogP contribution < -0.4 is 10.6 Å². The summed E-state index contributed by atoms with van der Waals surface area (Å²) in [5.74, 6) is 0.733. The van der Waals surface area contributed by atoms with Crippen molar-refractivity contribution in [3.63, 3.8) is 0 Å². The molecule has 1 aromatic rings. The molecule has 1 fully saturated rings. The minimum atomic E-state index is 0.125. The second-order valence-corrected chi connectivity index (χ2v) is 4.95. The van der Waals surface area contributed by atoms with Crippen LogP contribution in [0.15, 0.2) is 24.3 Å². The lowest BCUT2D eigenvalue weighted by atomic mass is 9.97. The Morgan fingerprint density at radius 2 is 2.29 bits per heavy atom. The number of amides is 1. The number of nitrogens with one attached hydrogen (secondary N) is 2. The molecule has 1 saturated heterocycles. The van der Waals surface area contributed by atoms with Gasteiger partial charge in [-0.2, -0.15) is 0 Å². The minimum absolute atomic E-state index is 0.125. The fraction of sp³-hybridized carbons (Fsp3) is 0.500. The molecule has 1 aromatic carbocycles. The summed E-state index contributed by atoms with van der Waals surface area (Å²) in [5.41, 5.74) is 2.39. The summed E-state index contributed by atoms with van der Waals surface area (Å²) in [6.07, 6.45) is 0. The highest BCUT2D eigenvalue weighted by Gasteiger charge is 2.29. The topological polar surface area (TPSA) is 41.1 Å². The van der Waals surface area contributed by atoms with E-state index in [1.165, 1.54) is 5.56 Å². The molecule has 2 rings (SSSR count). The molecule has 3 heteroatoms. The monoisotopic (exact) mass is 232 g/mol. The average molecular weight is 232 g/mol. The number of benzene rings is 1. The molecule has 0 unspecified atom stereocenters. The van der Waals surface area contributed by atoms with Crippen molar-refractivity contribution in [2.75, 3.05) is 13.1 Å². The second kappa shape index (κ2) is 5.32. The number of hydrogen-bond acceptors (Lipinski definition) is 2. The number of carbonyl (C=O) groups is 1. The van der Waals surface area contributed by atoms with Crippen molar-refractivity contribution in [2.24, 2.45) is 11.8 Å². The fourth-order valence-electron chi connectivity index (χ4n) is 2.30. The predicted molar refractivity (Wildman–Crippen MR) is 68.5 cm³/mol. The van der Waals surface area contributed by atoms with Gasteiger partial charge in [0.15, 0.2) is 0 Å². The Bertz CT molecular complexity index is 403. The van der Waals surface area contributed by atoms with E-state index < -0.39 is 0 Å². The summed E-state index contributed by atoms with van der Waals surface area (Å²) in [4.78, 5) is 12.0. The maximum absolute atomic E-state index is 12.0. The summed E-state index contributed by atoms with van der Waals surface area (Å²) in [6.45, 7) is 6.57. The zero-order chi connectivity index (χ0) is 12.3. The molecule has 0 aliphatic carbocycles. The molecule has 1 amide bonds. The first-order chi connectivity index (χ1) is 8.16. The van der Waals surface area contributed by atoms with Gasteiger partial charge in [-0.05, 0) is 24.9 Å². The van der Waals surface area contributed by atoms with E-state index in [0.717, 1.165) is 18.7 Å². The van der Waals surface area contributed by atoms with Crippen LogP contribution in [0.25, 0.3) is 0 Å². The summed E-state index contributed by atoms with van der Waals surface area (Å²) < 4.78 is 0. The maximum atomic E-state index is 12.0. The van der Waals surface area contributed by atoms with Crippen molar-refractivity contribution >= 4 is 5.91 Å². The number of rotatable bonds is 3. The predicted octanol–water partition coefficient (Wildman–Crippen LogP) is 1.47. The summed E-state index contributed by atoms with van der Waals surface area (Å²) >= 11 is 0. The first kappa shape index (κ1) is 12.1. The molecule has 3 nitrogen and oxygen atoms in total. The standard InChI is InChI=1S/C14H20N2O/c1-10-4-3-5-12(6-10)8-16-14(17)13-9-15-7-11(13)2/h3-6,11,13,15H,7-9H2,1-2H3,(H,16,17)/t11-,13-/m1/s1. The number of carbonyl (C=O) groups excluding carboxylic acids is 1. The van der Waals surface area contributed by atoms with Crippen molar-refractivity contribution in [2.45, 2.75) is 20.4 Å². The van der Waals surface area contributed by atoms with Crippen LogP contribution in [0, 0.1) is 18.8 Å². The Balaban J connectivity index is 1.88. The molecule has 1 heterocycles. The summed E-state index contributed by atoms with van der Waals surface area (Å²) in [7, 11) is 0. The highest BCUT2D eigenvalue weighted by molar-refractivity contribution is 5.79. The third-order valence-electron chi connectivity index (χ3n) is 3.40. The van der Waals surface area contributed by atoms with Crippen molar-refractivity contribution in [3.05, 3.63) is 35.4 Å². The Morgan fingerprint density at radius 1 is 1.47 bits per heavy atom. The van der Waals surface area contributed by atoms with Crippen LogP contribution >= 0.6 is 0 Å². The lowest BCUT2D eigenvalue weighted by Crippen LogP contribution is -2.33. The molecule has 17 heavy (non-hydrogen) atoms. The first-order valence-corrected chi connectivity index (χ1v) is 6.21. The van der Waals surface area contributed by atoms with Gasteiger partial charge in [0.25, 0.3) is 0 Å². The Kier molecular flexibility index (Phi) is 3.79. The number of aryl methyl sites for hydroxylation is 1. The molecule has 2 N–H and O–H groups in total. The Morgan fingerprint density at radius 3 is 2.94 bits per heavy atom. The van der Waals surface area contributed by atoms with Crippen LogP contribution in [-0.2, 0) is 11.3 Å². The van der Waals surface area contributed by atoms with Crippen LogP contribution in [0.1, 0.15) is 18.1 Å². The molecule has 0 saturated carbocycles. The maximum Gasteiger partial charge on any atom is 0.224 e. The van der Waals surface area contributed by atoms with Crippen molar-refractivity contribution in [1.82, 2.24) is 10.6 Å². The van der Waals surface area contributed by atoms with Gasteiger partial charge in [0.05, 0.1) is 5.92 Å². The highest BCUT2D eigenvalue weighted by Crippen LogP contribution is 2.15. The van der Waals surface area contributed by atoms with Crippen LogP contribution in [0.4, 0.5) is 0 Å². The summed E-state index contributed by atoms with van der Waals surface area (Å²) in [5, 5.41) is 6.27. The number of hydrogen-bond donors (Lipinski definition) is 2. The van der Waals surface area contributed by atoms with Crippen molar-refractivity contribution < 1.29 is 4.79 Å². The third-order valence-corrected chi connectivity index (χ3v) is 3.40. The lowest BCUT2D eigenvalue weighted by Gasteiger charge is -2.14. The normalized spacial score (nSPS) is 23.6. The van der Waals surface area contributed by atoms with E-state index >= 15 is 0 Å². The van der Waals surface area contributed by atoms with E-state index in [1.54, 1.807) is 0 Å². The first-order valence-electron chi connectivity index (χ1n) is 6.21. The molecule has 1 aliphatic rings. The lowest BCUT2D eigenvalue weighted by molar-refractivity contribution is -0.125. The molecular weight excluding hydrogens is 212 g/mol. The smallest absolute Gasteiger partial charge is 0.224 e. The van der Waals surface area contributed by atoms with Gasteiger partial charge in [-0.1, -0.05) is 36.8 Å². The quantitative estimate of drug-likeness (QED) is 0.828.